The topological polar surface area (TPSA) is 266 Å². The van der Waals surface area contributed by atoms with Gasteiger partial charge in [-0.3, -0.25) is 33.6 Å². The standard InChI is InChI=1S/C14H23N7O8/c15-6(1-8(16)22)13(28)19-3-10(24)18-4-11(25)21-7(2-9(17)23)14(29)20-5-12(26)27/h6-7H,1-5,15H2,(H2,16,22)(H2,17,23)(H,18,24)(H,19,28)(H,20,29)(H,21,25)(H,26,27)/t6-,7-/m0/s1. The van der Waals surface area contributed by atoms with E-state index in [9.17, 15) is 33.6 Å². The minimum atomic E-state index is -1.44. The average molecular weight is 417 g/mol. The molecule has 0 unspecified atom stereocenters. The van der Waals surface area contributed by atoms with Crippen LogP contribution in [0.5, 0.6) is 0 Å². The lowest BCUT2D eigenvalue weighted by atomic mass is 10.2. The van der Waals surface area contributed by atoms with Crippen LogP contribution in [0.15, 0.2) is 0 Å². The maximum Gasteiger partial charge on any atom is 0.322 e. The molecule has 15 nitrogen and oxygen atoms in total. The van der Waals surface area contributed by atoms with Gasteiger partial charge in [-0.25, -0.2) is 0 Å². The SMILES string of the molecule is NC(=O)C[C@H](NC(=O)CNC(=O)CNC(=O)[C@@H](N)CC(N)=O)C(=O)NCC(=O)O. The Balaban J connectivity index is 4.46. The number of hydrogen-bond donors (Lipinski definition) is 8. The normalized spacial score (nSPS) is 12.0. The number of primary amides is 2. The van der Waals surface area contributed by atoms with Gasteiger partial charge in [-0.1, -0.05) is 0 Å². The molecule has 0 aliphatic rings. The Bertz CT molecular complexity index is 681. The number of carboxylic acid groups (broad SMARTS) is 1. The van der Waals surface area contributed by atoms with E-state index in [0.29, 0.717) is 0 Å². The molecular weight excluding hydrogens is 394 g/mol. The predicted molar refractivity (Wildman–Crippen MR) is 94.2 cm³/mol. The first-order valence-corrected chi connectivity index (χ1v) is 8.07. The van der Waals surface area contributed by atoms with Crippen LogP contribution in [0.1, 0.15) is 12.8 Å². The molecule has 0 aromatic heterocycles. The third-order valence-corrected chi connectivity index (χ3v) is 3.10. The third-order valence-electron chi connectivity index (χ3n) is 3.10. The highest BCUT2D eigenvalue weighted by Gasteiger charge is 2.23. The lowest BCUT2D eigenvalue weighted by Crippen LogP contribution is -2.52. The lowest BCUT2D eigenvalue weighted by molar-refractivity contribution is -0.138. The first-order valence-electron chi connectivity index (χ1n) is 8.07. The molecular formula is C14H23N7O8. The van der Waals surface area contributed by atoms with Crippen molar-refractivity contribution in [1.29, 1.82) is 0 Å². The van der Waals surface area contributed by atoms with E-state index in [0.717, 1.165) is 0 Å². The molecule has 0 saturated heterocycles. The van der Waals surface area contributed by atoms with Crippen molar-refractivity contribution in [3.05, 3.63) is 0 Å². The van der Waals surface area contributed by atoms with Crippen molar-refractivity contribution in [1.82, 2.24) is 21.3 Å². The summed E-state index contributed by atoms with van der Waals surface area (Å²) in [6.07, 6.45) is -1.01. The number of nitrogens with one attached hydrogen (secondary N) is 4. The van der Waals surface area contributed by atoms with Crippen LogP contribution >= 0.6 is 0 Å². The molecule has 0 saturated carbocycles. The molecule has 162 valence electrons. The molecule has 0 aliphatic heterocycles. The van der Waals surface area contributed by atoms with Crippen molar-refractivity contribution in [2.45, 2.75) is 24.9 Å². The van der Waals surface area contributed by atoms with Gasteiger partial charge < -0.3 is 43.6 Å². The molecule has 0 fully saturated rings. The van der Waals surface area contributed by atoms with Gasteiger partial charge in [-0.15, -0.1) is 0 Å². The fourth-order valence-electron chi connectivity index (χ4n) is 1.79. The van der Waals surface area contributed by atoms with E-state index in [-0.39, 0.29) is 0 Å². The summed E-state index contributed by atoms with van der Waals surface area (Å²) in [6.45, 7) is -1.91. The second-order valence-corrected chi connectivity index (χ2v) is 5.67. The second kappa shape index (κ2) is 12.6. The number of aliphatic carboxylic acids is 1. The van der Waals surface area contributed by atoms with Crippen LogP contribution in [0.4, 0.5) is 0 Å². The van der Waals surface area contributed by atoms with Crippen LogP contribution in [-0.2, 0) is 33.6 Å². The predicted octanol–water partition coefficient (Wildman–Crippen LogP) is -6.02. The number of nitrogens with two attached hydrogens (primary N) is 3. The number of amides is 6. The minimum absolute atomic E-state index is 0.416. The van der Waals surface area contributed by atoms with Crippen molar-refractivity contribution in [2.24, 2.45) is 17.2 Å². The van der Waals surface area contributed by atoms with E-state index in [1.807, 2.05) is 5.32 Å². The fourth-order valence-corrected chi connectivity index (χ4v) is 1.79. The summed E-state index contributed by atoms with van der Waals surface area (Å²) in [5.41, 5.74) is 15.2. The Morgan fingerprint density at radius 3 is 1.76 bits per heavy atom. The molecule has 15 heteroatoms. The second-order valence-electron chi connectivity index (χ2n) is 5.67. The highest BCUT2D eigenvalue weighted by atomic mass is 16.4. The summed E-state index contributed by atoms with van der Waals surface area (Å²) in [5.74, 6) is -6.51. The van der Waals surface area contributed by atoms with Gasteiger partial charge >= 0.3 is 5.97 Å². The van der Waals surface area contributed by atoms with Crippen molar-refractivity contribution >= 4 is 41.4 Å². The molecule has 0 aromatic carbocycles. The largest absolute Gasteiger partial charge is 0.480 e. The van der Waals surface area contributed by atoms with E-state index in [1.54, 1.807) is 0 Å². The van der Waals surface area contributed by atoms with Crippen LogP contribution in [0.25, 0.3) is 0 Å². The number of hydrogen-bond acceptors (Lipinski definition) is 8. The molecule has 11 N–H and O–H groups in total. The van der Waals surface area contributed by atoms with Crippen LogP contribution < -0.4 is 38.5 Å². The van der Waals surface area contributed by atoms with Crippen molar-refractivity contribution in [2.75, 3.05) is 19.6 Å². The molecule has 0 spiro atoms. The maximum atomic E-state index is 11.8. The van der Waals surface area contributed by atoms with E-state index in [2.05, 4.69) is 16.0 Å². The molecule has 0 aromatic rings. The molecule has 6 amide bonds. The van der Waals surface area contributed by atoms with Gasteiger partial charge in [0.25, 0.3) is 0 Å². The molecule has 29 heavy (non-hydrogen) atoms. The number of rotatable bonds is 13. The Kier molecular flexibility index (Phi) is 11.0. The van der Waals surface area contributed by atoms with Crippen molar-refractivity contribution in [3.8, 4) is 0 Å². The molecule has 0 aliphatic carbocycles. The van der Waals surface area contributed by atoms with E-state index in [1.165, 1.54) is 0 Å². The van der Waals surface area contributed by atoms with Gasteiger partial charge in [0.2, 0.25) is 35.4 Å². The van der Waals surface area contributed by atoms with Gasteiger partial charge in [0, 0.05) is 0 Å². The summed E-state index contributed by atoms with van der Waals surface area (Å²) < 4.78 is 0. The first-order chi connectivity index (χ1) is 13.4. The van der Waals surface area contributed by atoms with E-state index < -0.39 is 86.0 Å². The molecule has 0 radical (unpaired) electrons. The van der Waals surface area contributed by atoms with Gasteiger partial charge in [-0.05, 0) is 0 Å². The van der Waals surface area contributed by atoms with Crippen LogP contribution in [0, 0.1) is 0 Å². The Labute approximate surface area is 164 Å². The smallest absolute Gasteiger partial charge is 0.322 e. The average Bonchev–Trinajstić information content (AvgIpc) is 2.60. The zero-order valence-corrected chi connectivity index (χ0v) is 15.2. The van der Waals surface area contributed by atoms with Crippen LogP contribution in [0.3, 0.4) is 0 Å². The summed E-state index contributed by atoms with van der Waals surface area (Å²) >= 11 is 0. The Hall–Kier alpha value is -3.75. The summed E-state index contributed by atoms with van der Waals surface area (Å²) in [6, 6.07) is -2.68. The highest BCUT2D eigenvalue weighted by molar-refractivity contribution is 5.95. The summed E-state index contributed by atoms with van der Waals surface area (Å²) in [5, 5.41) is 16.9. The summed E-state index contributed by atoms with van der Waals surface area (Å²) in [4.78, 5) is 78.9. The van der Waals surface area contributed by atoms with E-state index in [4.69, 9.17) is 22.3 Å². The van der Waals surface area contributed by atoms with Crippen LogP contribution in [-0.4, -0.2) is 78.2 Å². The first kappa shape index (κ1) is 25.2. The zero-order valence-electron chi connectivity index (χ0n) is 15.2. The monoisotopic (exact) mass is 417 g/mol. The Morgan fingerprint density at radius 2 is 1.24 bits per heavy atom. The van der Waals surface area contributed by atoms with Gasteiger partial charge in [0.1, 0.15) is 12.6 Å². The number of carbonyl (C=O) groups is 7. The number of carbonyl (C=O) groups excluding carboxylic acids is 6. The highest BCUT2D eigenvalue weighted by Crippen LogP contribution is 1.92. The minimum Gasteiger partial charge on any atom is -0.480 e. The third kappa shape index (κ3) is 12.3. The molecule has 0 heterocycles. The molecule has 2 atom stereocenters. The number of carboxylic acids is 1. The maximum absolute atomic E-state index is 11.8. The summed E-state index contributed by atoms with van der Waals surface area (Å²) in [7, 11) is 0. The van der Waals surface area contributed by atoms with Crippen LogP contribution in [0.2, 0.25) is 0 Å². The zero-order chi connectivity index (χ0) is 22.6. The van der Waals surface area contributed by atoms with Gasteiger partial charge in [0.15, 0.2) is 0 Å². The van der Waals surface area contributed by atoms with Crippen molar-refractivity contribution < 1.29 is 38.7 Å². The van der Waals surface area contributed by atoms with E-state index >= 15 is 0 Å². The van der Waals surface area contributed by atoms with Gasteiger partial charge in [0.05, 0.1) is 32.0 Å². The Morgan fingerprint density at radius 1 is 0.724 bits per heavy atom. The molecule has 0 bridgehead atoms. The molecule has 0 rings (SSSR count). The quantitative estimate of drug-likeness (QED) is 0.141. The van der Waals surface area contributed by atoms with Gasteiger partial charge in [-0.2, -0.15) is 0 Å². The lowest BCUT2D eigenvalue weighted by Gasteiger charge is -2.17. The van der Waals surface area contributed by atoms with Crippen molar-refractivity contribution in [3.63, 3.8) is 0 Å². The fraction of sp³-hybridized carbons (Fsp3) is 0.500.